The topological polar surface area (TPSA) is 115 Å². The van der Waals surface area contributed by atoms with E-state index in [1.54, 1.807) is 42.6 Å². The third-order valence-corrected chi connectivity index (χ3v) is 4.48. The highest BCUT2D eigenvalue weighted by molar-refractivity contribution is 7.87. The number of Topliss-reactive ketones (excluding diaryl/α,β-unsaturated/α-hetero) is 1. The molecule has 0 aliphatic carbocycles. The zero-order valence-corrected chi connectivity index (χ0v) is 13.4. The van der Waals surface area contributed by atoms with E-state index in [-0.39, 0.29) is 17.4 Å². The van der Waals surface area contributed by atoms with Gasteiger partial charge in [-0.2, -0.15) is 0 Å². The summed E-state index contributed by atoms with van der Waals surface area (Å²) in [5, 5.41) is 0. The molecule has 3 rings (SSSR count). The third-order valence-electron chi connectivity index (χ3n) is 3.34. The molecule has 7 nitrogen and oxygen atoms in total. The second-order valence-electron chi connectivity index (χ2n) is 5.17. The van der Waals surface area contributed by atoms with Crippen molar-refractivity contribution in [1.82, 2.24) is 4.98 Å². The average Bonchev–Trinajstić information content (AvgIpc) is 2.84. The van der Waals surface area contributed by atoms with Gasteiger partial charge in [-0.3, -0.25) is 9.78 Å². The summed E-state index contributed by atoms with van der Waals surface area (Å²) in [6.45, 7) is 0. The molecule has 2 aromatic rings. The van der Waals surface area contributed by atoms with Crippen molar-refractivity contribution in [3.8, 4) is 0 Å². The molecular formula is C16H15N3O4S. The lowest BCUT2D eigenvalue weighted by atomic mass is 10.1. The number of rotatable bonds is 5. The number of nitrogens with one attached hydrogen (secondary N) is 1. The number of ether oxygens (including phenoxy) is 1. The number of aromatic nitrogens is 1. The first kappa shape index (κ1) is 16.0. The molecule has 1 aliphatic rings. The first-order valence-corrected chi connectivity index (χ1v) is 8.72. The number of pyridine rings is 1. The normalized spacial score (nSPS) is 19.7. The standard InChI is InChI=1S/C16H15N3O4S/c17-16-15(13(20)14(22-16)12-7-4-8-19-9-12)23-24(18,21)10-11-5-2-1-3-6-11/h1-9,14,18H,10,17H2. The van der Waals surface area contributed by atoms with Crippen LogP contribution < -0.4 is 5.73 Å². The van der Waals surface area contributed by atoms with Gasteiger partial charge in [-0.05, 0) is 11.6 Å². The number of hydrogen-bond donors (Lipinski definition) is 2. The fraction of sp³-hybridized carbons (Fsp3) is 0.125. The highest BCUT2D eigenvalue weighted by Crippen LogP contribution is 2.32. The second kappa shape index (κ2) is 6.32. The molecule has 0 saturated carbocycles. The number of nitrogens with zero attached hydrogens (tertiary/aromatic N) is 1. The number of carbonyl (C=O) groups excluding carboxylic acids is 1. The van der Waals surface area contributed by atoms with E-state index in [9.17, 15) is 9.00 Å². The van der Waals surface area contributed by atoms with Gasteiger partial charge in [0.2, 0.25) is 27.4 Å². The predicted molar refractivity (Wildman–Crippen MR) is 86.4 cm³/mol. The van der Waals surface area contributed by atoms with E-state index in [0.717, 1.165) is 0 Å². The quantitative estimate of drug-likeness (QED) is 0.856. The molecule has 0 radical (unpaired) electrons. The Labute approximate surface area is 139 Å². The number of nitrogens with two attached hydrogens (primary N) is 1. The first-order chi connectivity index (χ1) is 11.5. The van der Waals surface area contributed by atoms with Crippen LogP contribution in [0.4, 0.5) is 0 Å². The highest BCUT2D eigenvalue weighted by atomic mass is 32.2. The van der Waals surface area contributed by atoms with E-state index in [1.807, 2.05) is 6.07 Å². The van der Waals surface area contributed by atoms with E-state index < -0.39 is 21.9 Å². The van der Waals surface area contributed by atoms with Crippen molar-refractivity contribution in [3.63, 3.8) is 0 Å². The Hall–Kier alpha value is -2.87. The molecule has 1 aromatic carbocycles. The van der Waals surface area contributed by atoms with Gasteiger partial charge in [-0.25, -0.2) is 8.99 Å². The van der Waals surface area contributed by atoms with Crippen molar-refractivity contribution in [2.45, 2.75) is 11.9 Å². The minimum atomic E-state index is -3.54. The van der Waals surface area contributed by atoms with E-state index in [2.05, 4.69) is 4.98 Å². The Morgan fingerprint density at radius 1 is 1.25 bits per heavy atom. The maximum absolute atomic E-state index is 12.4. The third kappa shape index (κ3) is 3.38. The number of hydrogen-bond acceptors (Lipinski definition) is 7. The lowest BCUT2D eigenvalue weighted by Crippen LogP contribution is -2.15. The van der Waals surface area contributed by atoms with Crippen LogP contribution in [0.2, 0.25) is 0 Å². The molecule has 2 heterocycles. The molecule has 2 atom stereocenters. The summed E-state index contributed by atoms with van der Waals surface area (Å²) in [5.74, 6) is -1.38. The molecular weight excluding hydrogens is 330 g/mol. The summed E-state index contributed by atoms with van der Waals surface area (Å²) in [6, 6.07) is 12.1. The smallest absolute Gasteiger partial charge is 0.249 e. The van der Waals surface area contributed by atoms with Crippen LogP contribution in [0.1, 0.15) is 17.2 Å². The van der Waals surface area contributed by atoms with Gasteiger partial charge < -0.3 is 14.7 Å². The van der Waals surface area contributed by atoms with Crippen LogP contribution in [-0.2, 0) is 29.5 Å². The minimum Gasteiger partial charge on any atom is -0.460 e. The largest absolute Gasteiger partial charge is 0.460 e. The number of benzene rings is 1. The fourth-order valence-electron chi connectivity index (χ4n) is 2.26. The molecule has 1 aromatic heterocycles. The Balaban J connectivity index is 1.77. The second-order valence-corrected chi connectivity index (χ2v) is 6.85. The fourth-order valence-corrected chi connectivity index (χ4v) is 3.39. The van der Waals surface area contributed by atoms with Crippen molar-refractivity contribution in [2.75, 3.05) is 0 Å². The molecule has 0 spiro atoms. The molecule has 0 saturated heterocycles. The molecule has 1 aliphatic heterocycles. The summed E-state index contributed by atoms with van der Waals surface area (Å²) in [6.07, 6.45) is 2.04. The lowest BCUT2D eigenvalue weighted by molar-refractivity contribution is -0.123. The van der Waals surface area contributed by atoms with Crippen LogP contribution in [0.5, 0.6) is 0 Å². The Morgan fingerprint density at radius 3 is 2.67 bits per heavy atom. The number of ketones is 1. The molecule has 0 fully saturated rings. The van der Waals surface area contributed by atoms with Crippen molar-refractivity contribution < 1.29 is 17.9 Å². The van der Waals surface area contributed by atoms with E-state index in [1.165, 1.54) is 6.20 Å². The van der Waals surface area contributed by atoms with Gasteiger partial charge in [0.1, 0.15) is 0 Å². The van der Waals surface area contributed by atoms with Crippen molar-refractivity contribution in [3.05, 3.63) is 77.6 Å². The van der Waals surface area contributed by atoms with Crippen LogP contribution in [0.3, 0.4) is 0 Å². The Morgan fingerprint density at radius 2 is 2.00 bits per heavy atom. The highest BCUT2D eigenvalue weighted by Gasteiger charge is 2.39. The van der Waals surface area contributed by atoms with Crippen LogP contribution in [-0.4, -0.2) is 15.0 Å². The van der Waals surface area contributed by atoms with Crippen molar-refractivity contribution in [2.24, 2.45) is 5.73 Å². The maximum Gasteiger partial charge on any atom is 0.249 e. The zero-order valence-electron chi connectivity index (χ0n) is 12.5. The van der Waals surface area contributed by atoms with E-state index in [0.29, 0.717) is 11.1 Å². The monoisotopic (exact) mass is 345 g/mol. The summed E-state index contributed by atoms with van der Waals surface area (Å²) in [5.41, 5.74) is 6.84. The van der Waals surface area contributed by atoms with Crippen LogP contribution >= 0.6 is 0 Å². The SMILES string of the molecule is N=S(=O)(Cc1ccccc1)OC1=C(N)OC(c2cccnc2)C1=O. The van der Waals surface area contributed by atoms with Crippen LogP contribution in [0.15, 0.2) is 66.5 Å². The summed E-state index contributed by atoms with van der Waals surface area (Å²) in [4.78, 5) is 16.3. The first-order valence-electron chi connectivity index (χ1n) is 7.06. The van der Waals surface area contributed by atoms with Gasteiger partial charge in [0, 0.05) is 18.0 Å². The molecule has 8 heteroatoms. The lowest BCUT2D eigenvalue weighted by Gasteiger charge is -2.10. The molecule has 0 amide bonds. The van der Waals surface area contributed by atoms with Gasteiger partial charge in [-0.15, -0.1) is 0 Å². The van der Waals surface area contributed by atoms with Crippen molar-refractivity contribution >= 4 is 15.8 Å². The molecule has 124 valence electrons. The van der Waals surface area contributed by atoms with Gasteiger partial charge >= 0.3 is 0 Å². The zero-order chi connectivity index (χ0) is 17.2. The van der Waals surface area contributed by atoms with Gasteiger partial charge in [0.15, 0.2) is 6.10 Å². The summed E-state index contributed by atoms with van der Waals surface area (Å²) in [7, 11) is -3.54. The molecule has 2 unspecified atom stereocenters. The Bertz CT molecular complexity index is 880. The number of carbonyl (C=O) groups is 1. The summed E-state index contributed by atoms with van der Waals surface area (Å²) >= 11 is 0. The van der Waals surface area contributed by atoms with Crippen LogP contribution in [0, 0.1) is 4.78 Å². The molecule has 3 N–H and O–H groups in total. The molecule has 0 bridgehead atoms. The average molecular weight is 345 g/mol. The predicted octanol–water partition coefficient (Wildman–Crippen LogP) is 2.03. The minimum absolute atomic E-state index is 0.157. The van der Waals surface area contributed by atoms with Gasteiger partial charge in [0.25, 0.3) is 0 Å². The Kier molecular flexibility index (Phi) is 4.22. The van der Waals surface area contributed by atoms with Crippen LogP contribution in [0.25, 0.3) is 0 Å². The van der Waals surface area contributed by atoms with Gasteiger partial charge in [0.05, 0.1) is 5.75 Å². The van der Waals surface area contributed by atoms with Crippen molar-refractivity contribution in [1.29, 1.82) is 4.78 Å². The van der Waals surface area contributed by atoms with E-state index in [4.69, 9.17) is 19.4 Å². The molecule has 24 heavy (non-hydrogen) atoms. The van der Waals surface area contributed by atoms with E-state index >= 15 is 0 Å². The summed E-state index contributed by atoms with van der Waals surface area (Å²) < 4.78 is 30.7. The van der Waals surface area contributed by atoms with Gasteiger partial charge in [-0.1, -0.05) is 36.4 Å². The maximum atomic E-state index is 12.4.